The fourth-order valence-corrected chi connectivity index (χ4v) is 2.93. The Bertz CT molecular complexity index is 417. The Morgan fingerprint density at radius 1 is 1.15 bits per heavy atom. The molecule has 2 N–H and O–H groups in total. The molecule has 1 saturated heterocycles. The largest absolute Gasteiger partial charge is 0.394 e. The van der Waals surface area contributed by atoms with Gasteiger partial charge in [-0.25, -0.2) is 0 Å². The first-order valence-electron chi connectivity index (χ1n) is 7.59. The van der Waals surface area contributed by atoms with Gasteiger partial charge in [0.2, 0.25) is 0 Å². The summed E-state index contributed by atoms with van der Waals surface area (Å²) in [5.74, 6) is 0. The highest BCUT2D eigenvalue weighted by molar-refractivity contribution is 5.47. The van der Waals surface area contributed by atoms with E-state index in [2.05, 4.69) is 34.5 Å². The fourth-order valence-electron chi connectivity index (χ4n) is 2.93. The van der Waals surface area contributed by atoms with Crippen LogP contribution in [0.4, 0.5) is 5.69 Å². The van der Waals surface area contributed by atoms with Crippen LogP contribution in [0.5, 0.6) is 0 Å². The highest BCUT2D eigenvalue weighted by Gasteiger charge is 2.35. The van der Waals surface area contributed by atoms with Crippen LogP contribution in [-0.4, -0.2) is 43.6 Å². The van der Waals surface area contributed by atoms with E-state index >= 15 is 0 Å². The highest BCUT2D eigenvalue weighted by atomic mass is 16.5. The first-order chi connectivity index (χ1) is 9.81. The molecular formula is C16H24N2O2. The summed E-state index contributed by atoms with van der Waals surface area (Å²) in [5, 5.41) is 13.0. The monoisotopic (exact) mass is 276 g/mol. The summed E-state index contributed by atoms with van der Waals surface area (Å²) in [6.07, 6.45) is 3.41. The Kier molecular flexibility index (Phi) is 4.24. The van der Waals surface area contributed by atoms with Crippen molar-refractivity contribution in [1.82, 2.24) is 5.32 Å². The molecule has 0 aromatic heterocycles. The van der Waals surface area contributed by atoms with Gasteiger partial charge in [-0.05, 0) is 37.0 Å². The number of benzene rings is 1. The maximum absolute atomic E-state index is 9.45. The van der Waals surface area contributed by atoms with Gasteiger partial charge >= 0.3 is 0 Å². The zero-order valence-corrected chi connectivity index (χ0v) is 12.0. The van der Waals surface area contributed by atoms with Crippen LogP contribution in [0, 0.1) is 0 Å². The smallest absolute Gasteiger partial charge is 0.0642 e. The van der Waals surface area contributed by atoms with E-state index in [1.54, 1.807) is 0 Å². The van der Waals surface area contributed by atoms with Crippen LogP contribution in [-0.2, 0) is 11.3 Å². The van der Waals surface area contributed by atoms with Gasteiger partial charge in [-0.2, -0.15) is 0 Å². The maximum Gasteiger partial charge on any atom is 0.0642 e. The first-order valence-corrected chi connectivity index (χ1v) is 7.59. The minimum absolute atomic E-state index is 0.0110. The second kappa shape index (κ2) is 6.12. The van der Waals surface area contributed by atoms with Crippen LogP contribution >= 0.6 is 0 Å². The van der Waals surface area contributed by atoms with Gasteiger partial charge < -0.3 is 20.1 Å². The number of hydrogen-bond acceptors (Lipinski definition) is 4. The molecule has 0 spiro atoms. The number of aliphatic hydroxyl groups is 1. The molecule has 0 radical (unpaired) electrons. The molecule has 2 fully saturated rings. The van der Waals surface area contributed by atoms with Crippen LogP contribution in [0.15, 0.2) is 24.3 Å². The zero-order chi connectivity index (χ0) is 13.8. The molecule has 4 heteroatoms. The molecule has 2 aliphatic rings. The van der Waals surface area contributed by atoms with E-state index in [0.29, 0.717) is 0 Å². The predicted molar refractivity (Wildman–Crippen MR) is 80.0 cm³/mol. The van der Waals surface area contributed by atoms with Crippen molar-refractivity contribution in [2.45, 2.75) is 31.3 Å². The summed E-state index contributed by atoms with van der Waals surface area (Å²) < 4.78 is 5.38. The number of nitrogens with zero attached hydrogens (tertiary/aromatic N) is 1. The molecule has 1 aromatic rings. The van der Waals surface area contributed by atoms with E-state index < -0.39 is 0 Å². The van der Waals surface area contributed by atoms with Crippen LogP contribution < -0.4 is 10.2 Å². The Balaban J connectivity index is 1.55. The van der Waals surface area contributed by atoms with E-state index in [-0.39, 0.29) is 12.1 Å². The summed E-state index contributed by atoms with van der Waals surface area (Å²) >= 11 is 0. The summed E-state index contributed by atoms with van der Waals surface area (Å²) in [6, 6.07) is 8.74. The number of ether oxygens (including phenoxy) is 1. The Morgan fingerprint density at radius 2 is 1.85 bits per heavy atom. The van der Waals surface area contributed by atoms with Crippen molar-refractivity contribution in [3.63, 3.8) is 0 Å². The fraction of sp³-hybridized carbons (Fsp3) is 0.625. The standard InChI is InChI=1S/C16H24N2O2/c19-13-16(6-1-7-16)17-12-14-2-4-15(5-3-14)18-8-10-20-11-9-18/h2-5,17,19H,1,6-13H2. The van der Waals surface area contributed by atoms with Crippen molar-refractivity contribution in [2.24, 2.45) is 0 Å². The molecule has 1 heterocycles. The van der Waals surface area contributed by atoms with E-state index in [1.165, 1.54) is 17.7 Å². The van der Waals surface area contributed by atoms with E-state index in [4.69, 9.17) is 4.74 Å². The molecule has 0 unspecified atom stereocenters. The zero-order valence-electron chi connectivity index (χ0n) is 12.0. The lowest BCUT2D eigenvalue weighted by Gasteiger charge is -2.41. The summed E-state index contributed by atoms with van der Waals surface area (Å²) in [5.41, 5.74) is 2.54. The molecular weight excluding hydrogens is 252 g/mol. The van der Waals surface area contributed by atoms with Gasteiger partial charge in [0.05, 0.1) is 19.8 Å². The number of anilines is 1. The van der Waals surface area contributed by atoms with Gasteiger partial charge in [-0.3, -0.25) is 0 Å². The predicted octanol–water partition coefficient (Wildman–Crippen LogP) is 1.53. The molecule has 4 nitrogen and oxygen atoms in total. The molecule has 1 saturated carbocycles. The van der Waals surface area contributed by atoms with Crippen LogP contribution in [0.3, 0.4) is 0 Å². The Labute approximate surface area is 120 Å². The van der Waals surface area contributed by atoms with Gasteiger partial charge in [0, 0.05) is 30.9 Å². The highest BCUT2D eigenvalue weighted by Crippen LogP contribution is 2.31. The van der Waals surface area contributed by atoms with E-state index in [9.17, 15) is 5.11 Å². The van der Waals surface area contributed by atoms with E-state index in [1.807, 2.05) is 0 Å². The van der Waals surface area contributed by atoms with Crippen LogP contribution in [0.25, 0.3) is 0 Å². The van der Waals surface area contributed by atoms with Gasteiger partial charge in [0.25, 0.3) is 0 Å². The SMILES string of the molecule is OCC1(NCc2ccc(N3CCOCC3)cc2)CCC1. The van der Waals surface area contributed by atoms with Crippen molar-refractivity contribution in [2.75, 3.05) is 37.8 Å². The lowest BCUT2D eigenvalue weighted by molar-refractivity contribution is 0.0872. The average molecular weight is 276 g/mol. The second-order valence-electron chi connectivity index (χ2n) is 5.91. The normalized spacial score (nSPS) is 21.6. The number of nitrogens with one attached hydrogen (secondary N) is 1. The molecule has 1 aromatic carbocycles. The lowest BCUT2D eigenvalue weighted by Crippen LogP contribution is -2.53. The number of rotatable bonds is 5. The Morgan fingerprint density at radius 3 is 2.40 bits per heavy atom. The van der Waals surface area contributed by atoms with Crippen molar-refractivity contribution in [1.29, 1.82) is 0 Å². The van der Waals surface area contributed by atoms with E-state index in [0.717, 1.165) is 45.7 Å². The third-order valence-electron chi connectivity index (χ3n) is 4.59. The number of hydrogen-bond donors (Lipinski definition) is 2. The minimum atomic E-state index is -0.0110. The maximum atomic E-state index is 9.45. The molecule has 0 bridgehead atoms. The summed E-state index contributed by atoms with van der Waals surface area (Å²) in [6.45, 7) is 4.68. The van der Waals surface area contributed by atoms with Gasteiger partial charge in [0.1, 0.15) is 0 Å². The third-order valence-corrected chi connectivity index (χ3v) is 4.59. The van der Waals surface area contributed by atoms with Gasteiger partial charge in [-0.1, -0.05) is 12.1 Å². The third kappa shape index (κ3) is 2.97. The number of aliphatic hydroxyl groups excluding tert-OH is 1. The van der Waals surface area contributed by atoms with Crippen LogP contribution in [0.1, 0.15) is 24.8 Å². The minimum Gasteiger partial charge on any atom is -0.394 e. The number of morpholine rings is 1. The molecule has 0 amide bonds. The first kappa shape index (κ1) is 13.9. The summed E-state index contributed by atoms with van der Waals surface area (Å²) in [7, 11) is 0. The summed E-state index contributed by atoms with van der Waals surface area (Å²) in [4.78, 5) is 2.36. The second-order valence-corrected chi connectivity index (χ2v) is 5.91. The lowest BCUT2D eigenvalue weighted by atomic mass is 9.77. The molecule has 0 atom stereocenters. The van der Waals surface area contributed by atoms with Gasteiger partial charge in [-0.15, -0.1) is 0 Å². The molecule has 1 aliphatic heterocycles. The molecule has 3 rings (SSSR count). The topological polar surface area (TPSA) is 44.7 Å². The van der Waals surface area contributed by atoms with Crippen molar-refractivity contribution < 1.29 is 9.84 Å². The van der Waals surface area contributed by atoms with Crippen molar-refractivity contribution in [3.05, 3.63) is 29.8 Å². The molecule has 110 valence electrons. The van der Waals surface area contributed by atoms with Gasteiger partial charge in [0.15, 0.2) is 0 Å². The average Bonchev–Trinajstić information content (AvgIpc) is 2.48. The van der Waals surface area contributed by atoms with Crippen molar-refractivity contribution >= 4 is 5.69 Å². The van der Waals surface area contributed by atoms with Crippen molar-refractivity contribution in [3.8, 4) is 0 Å². The Hall–Kier alpha value is -1.10. The molecule has 20 heavy (non-hydrogen) atoms. The van der Waals surface area contributed by atoms with Crippen LogP contribution in [0.2, 0.25) is 0 Å². The quantitative estimate of drug-likeness (QED) is 0.856. The molecule has 1 aliphatic carbocycles.